The maximum absolute atomic E-state index is 11.6. The largest absolute Gasteiger partial charge is 0.311 e. The summed E-state index contributed by atoms with van der Waals surface area (Å²) in [6.45, 7) is 0. The molecular formula is C13H10N2OS2. The molecule has 1 aromatic heterocycles. The SMILES string of the molecule is O=C1NC(=S)SC1Cc1cnc2ccccc2c1. The molecule has 0 aliphatic carbocycles. The Labute approximate surface area is 114 Å². The van der Waals surface area contributed by atoms with Crippen molar-refractivity contribution in [1.29, 1.82) is 0 Å². The van der Waals surface area contributed by atoms with Crippen LogP contribution in [-0.4, -0.2) is 20.5 Å². The Morgan fingerprint density at radius 1 is 1.39 bits per heavy atom. The molecule has 0 saturated carbocycles. The van der Waals surface area contributed by atoms with Crippen LogP contribution >= 0.6 is 24.0 Å². The van der Waals surface area contributed by atoms with E-state index in [4.69, 9.17) is 12.2 Å². The van der Waals surface area contributed by atoms with Crippen LogP contribution in [0.25, 0.3) is 10.9 Å². The van der Waals surface area contributed by atoms with Gasteiger partial charge in [0.05, 0.1) is 10.8 Å². The number of fused-ring (bicyclic) bond motifs is 1. The highest BCUT2D eigenvalue weighted by atomic mass is 32.2. The number of aromatic nitrogens is 1. The van der Waals surface area contributed by atoms with Gasteiger partial charge in [-0.2, -0.15) is 0 Å². The summed E-state index contributed by atoms with van der Waals surface area (Å²) in [6, 6.07) is 10.0. The maximum Gasteiger partial charge on any atom is 0.239 e. The molecular weight excluding hydrogens is 264 g/mol. The lowest BCUT2D eigenvalue weighted by Gasteiger charge is -2.06. The molecule has 1 aliphatic rings. The van der Waals surface area contributed by atoms with Crippen molar-refractivity contribution >= 4 is 45.1 Å². The zero-order valence-electron chi connectivity index (χ0n) is 9.42. The molecule has 90 valence electrons. The zero-order valence-corrected chi connectivity index (χ0v) is 11.1. The van der Waals surface area contributed by atoms with Gasteiger partial charge in [-0.15, -0.1) is 0 Å². The maximum atomic E-state index is 11.6. The van der Waals surface area contributed by atoms with E-state index in [2.05, 4.69) is 16.4 Å². The van der Waals surface area contributed by atoms with E-state index >= 15 is 0 Å². The summed E-state index contributed by atoms with van der Waals surface area (Å²) in [5, 5.41) is 3.63. The first kappa shape index (κ1) is 11.6. The summed E-state index contributed by atoms with van der Waals surface area (Å²) in [6.07, 6.45) is 2.49. The van der Waals surface area contributed by atoms with Crippen molar-refractivity contribution < 1.29 is 4.79 Å². The second kappa shape index (κ2) is 4.66. The van der Waals surface area contributed by atoms with Gasteiger partial charge in [0.15, 0.2) is 0 Å². The molecule has 5 heteroatoms. The Balaban J connectivity index is 1.87. The number of thiocarbonyl (C=S) groups is 1. The van der Waals surface area contributed by atoms with Crippen LogP contribution in [0.1, 0.15) is 5.56 Å². The summed E-state index contributed by atoms with van der Waals surface area (Å²) in [4.78, 5) is 16.0. The predicted octanol–water partition coefficient (Wildman–Crippen LogP) is 2.29. The number of carbonyl (C=O) groups is 1. The first-order chi connectivity index (χ1) is 8.72. The van der Waals surface area contributed by atoms with Crippen molar-refractivity contribution in [2.24, 2.45) is 0 Å². The predicted molar refractivity (Wildman–Crippen MR) is 77.6 cm³/mol. The van der Waals surface area contributed by atoms with Gasteiger partial charge in [-0.1, -0.05) is 42.2 Å². The Morgan fingerprint density at radius 3 is 3.00 bits per heavy atom. The number of hydrogen-bond donors (Lipinski definition) is 1. The number of nitrogens with zero attached hydrogens (tertiary/aromatic N) is 1. The quantitative estimate of drug-likeness (QED) is 0.853. The van der Waals surface area contributed by atoms with Gasteiger partial charge in [-0.3, -0.25) is 9.78 Å². The van der Waals surface area contributed by atoms with Crippen molar-refractivity contribution in [3.05, 3.63) is 42.1 Å². The number of benzene rings is 1. The fraction of sp³-hybridized carbons (Fsp3) is 0.154. The summed E-state index contributed by atoms with van der Waals surface area (Å²) in [7, 11) is 0. The van der Waals surface area contributed by atoms with E-state index in [0.717, 1.165) is 16.5 Å². The Hall–Kier alpha value is -1.46. The number of para-hydroxylation sites is 1. The third-order valence-electron chi connectivity index (χ3n) is 2.84. The van der Waals surface area contributed by atoms with Crippen LogP contribution in [0.2, 0.25) is 0 Å². The molecule has 1 atom stereocenters. The van der Waals surface area contributed by atoms with Gasteiger partial charge in [0.25, 0.3) is 0 Å². The first-order valence-corrected chi connectivity index (χ1v) is 6.86. The average molecular weight is 274 g/mol. The smallest absolute Gasteiger partial charge is 0.239 e. The fourth-order valence-electron chi connectivity index (χ4n) is 1.97. The minimum Gasteiger partial charge on any atom is -0.311 e. The van der Waals surface area contributed by atoms with Crippen LogP contribution in [0.15, 0.2) is 36.5 Å². The van der Waals surface area contributed by atoms with Gasteiger partial charge in [-0.25, -0.2) is 0 Å². The molecule has 0 radical (unpaired) electrons. The molecule has 3 rings (SSSR count). The van der Waals surface area contributed by atoms with E-state index in [1.54, 1.807) is 0 Å². The topological polar surface area (TPSA) is 42.0 Å². The molecule has 18 heavy (non-hydrogen) atoms. The van der Waals surface area contributed by atoms with E-state index in [-0.39, 0.29) is 11.2 Å². The minimum atomic E-state index is -0.125. The Kier molecular flexibility index (Phi) is 3.01. The van der Waals surface area contributed by atoms with Crippen molar-refractivity contribution in [3.8, 4) is 0 Å². The number of amides is 1. The lowest BCUT2D eigenvalue weighted by Crippen LogP contribution is -2.25. The number of pyridine rings is 1. The molecule has 0 spiro atoms. The number of thioether (sulfide) groups is 1. The third-order valence-corrected chi connectivity index (χ3v) is 4.21. The van der Waals surface area contributed by atoms with E-state index in [9.17, 15) is 4.79 Å². The monoisotopic (exact) mass is 274 g/mol. The standard InChI is InChI=1S/C13H10N2OS2/c16-12-11(18-13(17)15-12)6-8-5-9-3-1-2-4-10(9)14-7-8/h1-5,7,11H,6H2,(H,15,16,17). The number of carbonyl (C=O) groups excluding carboxylic acids is 1. The molecule has 2 heterocycles. The molecule has 1 unspecified atom stereocenters. The van der Waals surface area contributed by atoms with E-state index in [0.29, 0.717) is 10.7 Å². The van der Waals surface area contributed by atoms with Crippen LogP contribution in [0.4, 0.5) is 0 Å². The van der Waals surface area contributed by atoms with Crippen molar-refractivity contribution in [3.63, 3.8) is 0 Å². The van der Waals surface area contributed by atoms with Crippen LogP contribution in [0, 0.1) is 0 Å². The molecule has 0 bridgehead atoms. The second-order valence-electron chi connectivity index (χ2n) is 4.12. The molecule has 1 aliphatic heterocycles. The molecule has 2 aromatic rings. The van der Waals surface area contributed by atoms with E-state index in [1.165, 1.54) is 11.8 Å². The van der Waals surface area contributed by atoms with Crippen LogP contribution < -0.4 is 5.32 Å². The molecule has 3 nitrogen and oxygen atoms in total. The van der Waals surface area contributed by atoms with Gasteiger partial charge in [-0.05, 0) is 24.1 Å². The molecule has 1 amide bonds. The minimum absolute atomic E-state index is 0.00170. The van der Waals surface area contributed by atoms with Crippen LogP contribution in [-0.2, 0) is 11.2 Å². The van der Waals surface area contributed by atoms with Gasteiger partial charge >= 0.3 is 0 Å². The summed E-state index contributed by atoms with van der Waals surface area (Å²) >= 11 is 6.40. The highest BCUT2D eigenvalue weighted by Crippen LogP contribution is 2.24. The highest BCUT2D eigenvalue weighted by molar-refractivity contribution is 8.24. The molecule has 1 aromatic carbocycles. The van der Waals surface area contributed by atoms with Crippen molar-refractivity contribution in [2.75, 3.05) is 0 Å². The number of rotatable bonds is 2. The molecule has 1 saturated heterocycles. The van der Waals surface area contributed by atoms with Gasteiger partial charge in [0, 0.05) is 11.6 Å². The molecule has 1 N–H and O–H groups in total. The third kappa shape index (κ3) is 2.23. The Morgan fingerprint density at radius 2 is 2.22 bits per heavy atom. The second-order valence-corrected chi connectivity index (χ2v) is 6.00. The van der Waals surface area contributed by atoms with Crippen LogP contribution in [0.3, 0.4) is 0 Å². The van der Waals surface area contributed by atoms with Crippen molar-refractivity contribution in [2.45, 2.75) is 11.7 Å². The van der Waals surface area contributed by atoms with E-state index < -0.39 is 0 Å². The van der Waals surface area contributed by atoms with E-state index in [1.807, 2.05) is 30.5 Å². The zero-order chi connectivity index (χ0) is 12.5. The van der Waals surface area contributed by atoms with Crippen LogP contribution in [0.5, 0.6) is 0 Å². The average Bonchev–Trinajstić information content (AvgIpc) is 2.68. The highest BCUT2D eigenvalue weighted by Gasteiger charge is 2.29. The van der Waals surface area contributed by atoms with Gasteiger partial charge < -0.3 is 5.32 Å². The van der Waals surface area contributed by atoms with Crippen molar-refractivity contribution in [1.82, 2.24) is 10.3 Å². The lowest BCUT2D eigenvalue weighted by molar-refractivity contribution is -0.118. The normalized spacial score (nSPS) is 19.2. The number of hydrogen-bond acceptors (Lipinski definition) is 4. The molecule has 1 fully saturated rings. The first-order valence-electron chi connectivity index (χ1n) is 5.57. The lowest BCUT2D eigenvalue weighted by atomic mass is 10.1. The Bertz CT molecular complexity index is 642. The fourth-order valence-corrected chi connectivity index (χ4v) is 3.28. The summed E-state index contributed by atoms with van der Waals surface area (Å²) in [5.41, 5.74) is 2.03. The van der Waals surface area contributed by atoms with Gasteiger partial charge in [0.2, 0.25) is 5.91 Å². The number of nitrogens with one attached hydrogen (secondary N) is 1. The summed E-state index contributed by atoms with van der Waals surface area (Å²) in [5.74, 6) is -0.00170. The van der Waals surface area contributed by atoms with Gasteiger partial charge in [0.1, 0.15) is 4.32 Å². The summed E-state index contributed by atoms with van der Waals surface area (Å²) < 4.78 is 0.568.